The summed E-state index contributed by atoms with van der Waals surface area (Å²) in [7, 11) is 3.12. The van der Waals surface area contributed by atoms with Gasteiger partial charge in [-0.3, -0.25) is 0 Å². The number of methoxy groups -OCH3 is 2. The van der Waals surface area contributed by atoms with Crippen LogP contribution in [0.4, 0.5) is 0 Å². The number of ether oxygens (including phenoxy) is 2. The Bertz CT molecular complexity index is 426. The molecule has 0 aliphatic heterocycles. The Morgan fingerprint density at radius 1 is 0.850 bits per heavy atom. The van der Waals surface area contributed by atoms with Gasteiger partial charge in [-0.1, -0.05) is 42.5 Å². The summed E-state index contributed by atoms with van der Waals surface area (Å²) < 4.78 is 11.4. The topological polar surface area (TPSA) is 18.5 Å². The molecule has 2 fully saturated rings. The molecule has 3 rings (SSSR count). The average Bonchev–Trinajstić information content (AvgIpc) is 2.68. The van der Waals surface area contributed by atoms with Crippen molar-refractivity contribution in [1.29, 1.82) is 0 Å². The summed E-state index contributed by atoms with van der Waals surface area (Å²) in [5, 5.41) is 0.783. The first-order valence-corrected chi connectivity index (χ1v) is 8.47. The maximum absolute atomic E-state index is 6.99. The van der Waals surface area contributed by atoms with Crippen LogP contribution in [0.5, 0.6) is 0 Å². The third kappa shape index (κ3) is 1.42. The number of fused-ring (bicyclic) bond motifs is 5. The molecule has 0 aromatic rings. The molecule has 0 aromatic heterocycles. The van der Waals surface area contributed by atoms with E-state index in [0.29, 0.717) is 10.1 Å². The van der Waals surface area contributed by atoms with E-state index in [2.05, 4.69) is 0 Å². The minimum absolute atomic E-state index is 0.124. The molecule has 2 bridgehead atoms. The smallest absolute Gasteiger partial charge is 0.217 e. The first kappa shape index (κ1) is 15.7. The average molecular weight is 360 g/mol. The minimum atomic E-state index is -1.20. The van der Waals surface area contributed by atoms with Crippen molar-refractivity contribution < 1.29 is 9.47 Å². The summed E-state index contributed by atoms with van der Waals surface area (Å²) in [6.07, 6.45) is 5.37. The predicted octanol–water partition coefficient (Wildman–Crippen LogP) is 4.84. The molecular weight excluding hydrogens is 342 g/mol. The zero-order chi connectivity index (χ0) is 14.8. The van der Waals surface area contributed by atoms with Crippen molar-refractivity contribution in [2.24, 2.45) is 11.8 Å². The van der Waals surface area contributed by atoms with Gasteiger partial charge in [0, 0.05) is 14.2 Å². The zero-order valence-corrected chi connectivity index (χ0v) is 14.5. The fourth-order valence-electron chi connectivity index (χ4n) is 4.62. The van der Waals surface area contributed by atoms with E-state index in [-0.39, 0.29) is 11.8 Å². The van der Waals surface area contributed by atoms with Crippen LogP contribution in [-0.2, 0) is 9.47 Å². The minimum Gasteiger partial charge on any atom is -0.350 e. The van der Waals surface area contributed by atoms with Crippen molar-refractivity contribution in [3.8, 4) is 0 Å². The summed E-state index contributed by atoms with van der Waals surface area (Å²) >= 11 is 26.9. The number of halogens is 4. The molecule has 0 aromatic carbocycles. The fourth-order valence-corrected chi connectivity index (χ4v) is 6.91. The first-order chi connectivity index (χ1) is 9.41. The van der Waals surface area contributed by atoms with Gasteiger partial charge in [-0.15, -0.1) is 23.2 Å². The summed E-state index contributed by atoms with van der Waals surface area (Å²) in [6, 6.07) is 0. The van der Waals surface area contributed by atoms with Gasteiger partial charge in [0.1, 0.15) is 9.75 Å². The maximum Gasteiger partial charge on any atom is 0.217 e. The maximum atomic E-state index is 6.99. The summed E-state index contributed by atoms with van der Waals surface area (Å²) in [4.78, 5) is -1.99. The standard InChI is InChI=1S/C14H18Cl4O2/c1-19-14(20-2)12(17)8-6-4-3-5-7-9(8)13(14,18)11(16)10(12)15/h8-9H,3-7H2,1-2H3/t8-,9+,12-,13+. The molecule has 0 radical (unpaired) electrons. The molecule has 0 amide bonds. The van der Waals surface area contributed by atoms with Gasteiger partial charge in [-0.25, -0.2) is 0 Å². The van der Waals surface area contributed by atoms with Crippen LogP contribution in [0.15, 0.2) is 10.1 Å². The second-order valence-corrected chi connectivity index (χ2v) is 7.88. The molecule has 0 N–H and O–H groups in total. The Balaban J connectivity index is 2.24. The molecule has 6 heteroatoms. The van der Waals surface area contributed by atoms with E-state index in [1.165, 1.54) is 6.42 Å². The molecule has 2 nitrogen and oxygen atoms in total. The molecule has 0 heterocycles. The second kappa shape index (κ2) is 4.91. The Kier molecular flexibility index (Phi) is 3.85. The molecule has 20 heavy (non-hydrogen) atoms. The quantitative estimate of drug-likeness (QED) is 0.518. The largest absolute Gasteiger partial charge is 0.350 e. The van der Waals surface area contributed by atoms with E-state index in [1.54, 1.807) is 14.2 Å². The van der Waals surface area contributed by atoms with Crippen LogP contribution in [0.25, 0.3) is 0 Å². The molecule has 3 aliphatic carbocycles. The van der Waals surface area contributed by atoms with Crippen LogP contribution in [0.2, 0.25) is 0 Å². The van der Waals surface area contributed by atoms with Crippen LogP contribution in [-0.4, -0.2) is 29.8 Å². The zero-order valence-electron chi connectivity index (χ0n) is 11.5. The van der Waals surface area contributed by atoms with Crippen LogP contribution < -0.4 is 0 Å². The van der Waals surface area contributed by atoms with Gasteiger partial charge in [0.15, 0.2) is 0 Å². The Labute approximate surface area is 139 Å². The second-order valence-electron chi connectivity index (χ2n) is 5.93. The molecule has 2 saturated carbocycles. The lowest BCUT2D eigenvalue weighted by Gasteiger charge is -2.41. The number of hydrogen-bond acceptors (Lipinski definition) is 2. The van der Waals surface area contributed by atoms with Crippen molar-refractivity contribution in [3.63, 3.8) is 0 Å². The lowest BCUT2D eigenvalue weighted by Crippen LogP contribution is -2.57. The normalized spacial score (nSPS) is 46.5. The number of alkyl halides is 2. The lowest BCUT2D eigenvalue weighted by atomic mass is 9.79. The molecule has 0 unspecified atom stereocenters. The Hall–Kier alpha value is 0.820. The lowest BCUT2D eigenvalue weighted by molar-refractivity contribution is -0.220. The third-order valence-corrected chi connectivity index (χ3v) is 8.10. The predicted molar refractivity (Wildman–Crippen MR) is 82.7 cm³/mol. The van der Waals surface area contributed by atoms with Crippen LogP contribution in [0.3, 0.4) is 0 Å². The van der Waals surface area contributed by atoms with Gasteiger partial charge in [0.2, 0.25) is 5.79 Å². The van der Waals surface area contributed by atoms with Gasteiger partial charge >= 0.3 is 0 Å². The van der Waals surface area contributed by atoms with Gasteiger partial charge in [-0.05, 0) is 24.7 Å². The van der Waals surface area contributed by atoms with Gasteiger partial charge in [0.25, 0.3) is 0 Å². The molecular formula is C14H18Cl4O2. The third-order valence-electron chi connectivity index (χ3n) is 5.40. The number of hydrogen-bond donors (Lipinski definition) is 0. The van der Waals surface area contributed by atoms with Gasteiger partial charge in [-0.2, -0.15) is 0 Å². The fraction of sp³-hybridized carbons (Fsp3) is 0.857. The monoisotopic (exact) mass is 358 g/mol. The van der Waals surface area contributed by atoms with E-state index in [4.69, 9.17) is 55.9 Å². The van der Waals surface area contributed by atoms with Crippen LogP contribution in [0.1, 0.15) is 32.1 Å². The highest BCUT2D eigenvalue weighted by Gasteiger charge is 2.83. The molecule has 114 valence electrons. The highest BCUT2D eigenvalue weighted by atomic mass is 35.5. The van der Waals surface area contributed by atoms with Gasteiger partial charge in [0.05, 0.1) is 10.1 Å². The van der Waals surface area contributed by atoms with Crippen molar-refractivity contribution in [2.45, 2.75) is 47.6 Å². The van der Waals surface area contributed by atoms with Gasteiger partial charge < -0.3 is 9.47 Å². The van der Waals surface area contributed by atoms with Crippen molar-refractivity contribution in [2.75, 3.05) is 14.2 Å². The summed E-state index contributed by atoms with van der Waals surface area (Å²) in [5.41, 5.74) is 0. The number of rotatable bonds is 2. The molecule has 0 spiro atoms. The van der Waals surface area contributed by atoms with Crippen molar-refractivity contribution in [3.05, 3.63) is 10.1 Å². The highest BCUT2D eigenvalue weighted by Crippen LogP contribution is 2.75. The Morgan fingerprint density at radius 2 is 1.25 bits per heavy atom. The molecule has 3 aliphatic rings. The van der Waals surface area contributed by atoms with Crippen LogP contribution in [0, 0.1) is 11.8 Å². The summed E-state index contributed by atoms with van der Waals surface area (Å²) in [6.45, 7) is 0. The summed E-state index contributed by atoms with van der Waals surface area (Å²) in [5.74, 6) is -0.956. The van der Waals surface area contributed by atoms with E-state index < -0.39 is 15.5 Å². The van der Waals surface area contributed by atoms with Crippen LogP contribution >= 0.6 is 46.4 Å². The van der Waals surface area contributed by atoms with E-state index in [0.717, 1.165) is 25.7 Å². The molecule has 4 atom stereocenters. The highest BCUT2D eigenvalue weighted by molar-refractivity contribution is 6.52. The van der Waals surface area contributed by atoms with E-state index >= 15 is 0 Å². The van der Waals surface area contributed by atoms with E-state index in [1.807, 2.05) is 0 Å². The molecule has 0 saturated heterocycles. The van der Waals surface area contributed by atoms with E-state index in [9.17, 15) is 0 Å². The SMILES string of the molecule is COC1(OC)[C@@]2(Cl)C(Cl)=C(Cl)[C@]1(Cl)[C@@H]1CCCCC[C@@H]12. The van der Waals surface area contributed by atoms with Crippen molar-refractivity contribution >= 4 is 46.4 Å². The first-order valence-electron chi connectivity index (χ1n) is 6.96. The van der Waals surface area contributed by atoms with Crippen molar-refractivity contribution in [1.82, 2.24) is 0 Å². The Morgan fingerprint density at radius 3 is 1.60 bits per heavy atom.